The third-order valence-electron chi connectivity index (χ3n) is 5.86. The van der Waals surface area contributed by atoms with Crippen LogP contribution in [0.4, 0.5) is 0 Å². The molecule has 0 spiro atoms. The van der Waals surface area contributed by atoms with Crippen LogP contribution < -0.4 is 4.74 Å². The number of aliphatic hydroxyl groups is 1. The Balaban J connectivity index is 1.66. The fourth-order valence-electron chi connectivity index (χ4n) is 4.09. The average Bonchev–Trinajstić information content (AvgIpc) is 3.47. The van der Waals surface area contributed by atoms with E-state index in [0.29, 0.717) is 23.5 Å². The highest BCUT2D eigenvalue weighted by molar-refractivity contribution is 6.46. The van der Waals surface area contributed by atoms with Gasteiger partial charge in [-0.15, -0.1) is 0 Å². The molecule has 1 aliphatic rings. The first-order chi connectivity index (χ1) is 16.6. The average molecular weight is 461 g/mol. The Morgan fingerprint density at radius 2 is 1.82 bits per heavy atom. The second kappa shape index (κ2) is 10.8. The van der Waals surface area contributed by atoms with Crippen molar-refractivity contribution < 1.29 is 23.8 Å². The third kappa shape index (κ3) is 5.03. The van der Waals surface area contributed by atoms with Crippen LogP contribution in [0.3, 0.4) is 0 Å². The first-order valence-corrected chi connectivity index (χ1v) is 11.5. The Hall–Kier alpha value is -3.87. The molecule has 0 saturated carbocycles. The molecule has 0 radical (unpaired) electrons. The zero-order chi connectivity index (χ0) is 23.9. The number of carbonyl (C=O) groups excluding carboxylic acids is 2. The number of nitrogens with zero attached hydrogens (tertiary/aromatic N) is 2. The summed E-state index contributed by atoms with van der Waals surface area (Å²) in [5.74, 6) is -0.389. The maximum atomic E-state index is 13.1. The predicted molar refractivity (Wildman–Crippen MR) is 127 cm³/mol. The first kappa shape index (κ1) is 23.3. The van der Waals surface area contributed by atoms with E-state index >= 15 is 0 Å². The van der Waals surface area contributed by atoms with Crippen LogP contribution in [0, 0.1) is 0 Å². The molecule has 34 heavy (non-hydrogen) atoms. The number of hydrogen-bond acceptors (Lipinski definition) is 6. The molecular formula is C27H28N2O5. The van der Waals surface area contributed by atoms with Gasteiger partial charge in [-0.25, -0.2) is 0 Å². The molecule has 2 aromatic heterocycles. The van der Waals surface area contributed by atoms with Crippen LogP contribution in [0.2, 0.25) is 0 Å². The summed E-state index contributed by atoms with van der Waals surface area (Å²) in [5, 5.41) is 11.0. The number of pyridine rings is 1. The van der Waals surface area contributed by atoms with Gasteiger partial charge in [-0.3, -0.25) is 14.6 Å². The second-order valence-corrected chi connectivity index (χ2v) is 8.22. The summed E-state index contributed by atoms with van der Waals surface area (Å²) >= 11 is 0. The van der Waals surface area contributed by atoms with Crippen molar-refractivity contribution in [3.8, 4) is 5.75 Å². The van der Waals surface area contributed by atoms with Gasteiger partial charge < -0.3 is 19.2 Å². The maximum absolute atomic E-state index is 13.1. The van der Waals surface area contributed by atoms with E-state index in [4.69, 9.17) is 9.15 Å². The van der Waals surface area contributed by atoms with Crippen LogP contribution >= 0.6 is 0 Å². The summed E-state index contributed by atoms with van der Waals surface area (Å²) in [5.41, 5.74) is 1.15. The smallest absolute Gasteiger partial charge is 0.296 e. The Morgan fingerprint density at radius 3 is 2.50 bits per heavy atom. The van der Waals surface area contributed by atoms with Crippen molar-refractivity contribution in [1.82, 2.24) is 9.88 Å². The molecule has 3 aromatic rings. The number of hydrogen-bond donors (Lipinski definition) is 1. The standard InChI is InChI=1S/C27H28N2O5/c1-2-3-4-5-16-33-21-10-8-19(9-11-21)24-23(25(30)20-12-14-28-15-13-20)26(31)27(32)29(24)18-22-7-6-17-34-22/h6-15,17,24,30H,2-5,16,18H2,1H3. The fourth-order valence-corrected chi connectivity index (χ4v) is 4.09. The topological polar surface area (TPSA) is 92.9 Å². The molecule has 1 fully saturated rings. The Labute approximate surface area is 198 Å². The number of aliphatic hydroxyl groups excluding tert-OH is 1. The van der Waals surface area contributed by atoms with Crippen LogP contribution in [0.25, 0.3) is 5.76 Å². The predicted octanol–water partition coefficient (Wildman–Crippen LogP) is 5.26. The Morgan fingerprint density at radius 1 is 1.06 bits per heavy atom. The van der Waals surface area contributed by atoms with E-state index < -0.39 is 17.7 Å². The highest BCUT2D eigenvalue weighted by atomic mass is 16.5. The first-order valence-electron chi connectivity index (χ1n) is 11.5. The van der Waals surface area contributed by atoms with Gasteiger partial charge in [0.1, 0.15) is 17.3 Å². The lowest BCUT2D eigenvalue weighted by molar-refractivity contribution is -0.140. The third-order valence-corrected chi connectivity index (χ3v) is 5.86. The maximum Gasteiger partial charge on any atom is 0.296 e. The number of Topliss-reactive ketones (excluding diaryl/α,β-unsaturated/α-hetero) is 1. The number of likely N-dealkylation sites (tertiary alicyclic amines) is 1. The number of ketones is 1. The lowest BCUT2D eigenvalue weighted by Gasteiger charge is -2.24. The van der Waals surface area contributed by atoms with Gasteiger partial charge >= 0.3 is 0 Å². The molecule has 1 unspecified atom stereocenters. The molecule has 1 aromatic carbocycles. The second-order valence-electron chi connectivity index (χ2n) is 8.22. The molecule has 7 nitrogen and oxygen atoms in total. The molecular weight excluding hydrogens is 432 g/mol. The number of benzene rings is 1. The van der Waals surface area contributed by atoms with Crippen LogP contribution in [0.15, 0.2) is 77.2 Å². The van der Waals surface area contributed by atoms with E-state index in [1.54, 1.807) is 24.3 Å². The summed E-state index contributed by atoms with van der Waals surface area (Å²) in [6.45, 7) is 2.91. The number of furan rings is 1. The fraction of sp³-hybridized carbons (Fsp3) is 0.296. The van der Waals surface area contributed by atoms with Crippen LogP contribution in [-0.2, 0) is 16.1 Å². The van der Waals surface area contributed by atoms with E-state index in [1.807, 2.05) is 24.3 Å². The van der Waals surface area contributed by atoms with Gasteiger partial charge in [0.15, 0.2) is 0 Å². The minimum absolute atomic E-state index is 0.0380. The molecule has 1 amide bonds. The normalized spacial score (nSPS) is 17.3. The van der Waals surface area contributed by atoms with Crippen molar-refractivity contribution in [2.24, 2.45) is 0 Å². The highest BCUT2D eigenvalue weighted by Gasteiger charge is 2.46. The van der Waals surface area contributed by atoms with Crippen molar-refractivity contribution in [2.75, 3.05) is 6.61 Å². The van der Waals surface area contributed by atoms with Crippen molar-refractivity contribution >= 4 is 17.4 Å². The van der Waals surface area contributed by atoms with Crippen molar-refractivity contribution in [3.05, 3.63) is 89.6 Å². The van der Waals surface area contributed by atoms with Gasteiger partial charge in [0.2, 0.25) is 0 Å². The van der Waals surface area contributed by atoms with E-state index in [-0.39, 0.29) is 17.9 Å². The molecule has 1 saturated heterocycles. The number of rotatable bonds is 10. The molecule has 1 aliphatic heterocycles. The van der Waals surface area contributed by atoms with E-state index in [9.17, 15) is 14.7 Å². The van der Waals surface area contributed by atoms with Gasteiger partial charge in [-0.05, 0) is 48.4 Å². The quantitative estimate of drug-likeness (QED) is 0.192. The number of amides is 1. The molecule has 0 bridgehead atoms. The lowest BCUT2D eigenvalue weighted by atomic mass is 9.95. The number of carbonyl (C=O) groups is 2. The number of aromatic nitrogens is 1. The van der Waals surface area contributed by atoms with Gasteiger partial charge in [-0.2, -0.15) is 0 Å². The summed E-state index contributed by atoms with van der Waals surface area (Å²) in [7, 11) is 0. The van der Waals surface area contributed by atoms with Crippen LogP contribution in [0.5, 0.6) is 5.75 Å². The zero-order valence-electron chi connectivity index (χ0n) is 19.1. The van der Waals surface area contributed by atoms with Crippen LogP contribution in [0.1, 0.15) is 55.5 Å². The van der Waals surface area contributed by atoms with Crippen molar-refractivity contribution in [2.45, 2.75) is 45.2 Å². The molecule has 3 heterocycles. The van der Waals surface area contributed by atoms with Crippen molar-refractivity contribution in [3.63, 3.8) is 0 Å². The van der Waals surface area contributed by atoms with Gasteiger partial charge in [0, 0.05) is 18.0 Å². The van der Waals surface area contributed by atoms with E-state index in [0.717, 1.165) is 18.6 Å². The molecule has 4 rings (SSSR count). The van der Waals surface area contributed by atoms with E-state index in [1.165, 1.54) is 36.4 Å². The monoisotopic (exact) mass is 460 g/mol. The lowest BCUT2D eigenvalue weighted by Crippen LogP contribution is -2.29. The van der Waals surface area contributed by atoms with Gasteiger partial charge in [-0.1, -0.05) is 38.3 Å². The highest BCUT2D eigenvalue weighted by Crippen LogP contribution is 2.40. The van der Waals surface area contributed by atoms with Crippen LogP contribution in [-0.4, -0.2) is 33.3 Å². The summed E-state index contributed by atoms with van der Waals surface area (Å²) < 4.78 is 11.3. The SMILES string of the molecule is CCCCCCOc1ccc(C2C(=C(O)c3ccncc3)C(=O)C(=O)N2Cc2ccco2)cc1. The summed E-state index contributed by atoms with van der Waals surface area (Å²) in [6, 6.07) is 13.2. The Kier molecular flexibility index (Phi) is 7.42. The number of ether oxygens (including phenoxy) is 1. The zero-order valence-corrected chi connectivity index (χ0v) is 19.1. The molecule has 176 valence electrons. The molecule has 1 N–H and O–H groups in total. The summed E-state index contributed by atoms with van der Waals surface area (Å²) in [6.07, 6.45) is 9.05. The summed E-state index contributed by atoms with van der Waals surface area (Å²) in [4.78, 5) is 31.4. The molecule has 7 heteroatoms. The minimum atomic E-state index is -0.767. The van der Waals surface area contributed by atoms with Gasteiger partial charge in [0.05, 0.1) is 31.0 Å². The minimum Gasteiger partial charge on any atom is -0.507 e. The molecule has 1 atom stereocenters. The van der Waals surface area contributed by atoms with Crippen molar-refractivity contribution in [1.29, 1.82) is 0 Å². The van der Waals surface area contributed by atoms with Gasteiger partial charge in [0.25, 0.3) is 11.7 Å². The number of unbranched alkanes of at least 4 members (excludes halogenated alkanes) is 3. The largest absolute Gasteiger partial charge is 0.507 e. The molecule has 0 aliphatic carbocycles. The Bertz CT molecular complexity index is 1140. The van der Waals surface area contributed by atoms with E-state index in [2.05, 4.69) is 11.9 Å².